The van der Waals surface area contributed by atoms with Crippen LogP contribution >= 0.6 is 11.3 Å². The van der Waals surface area contributed by atoms with Crippen LogP contribution in [-0.2, 0) is 11.3 Å². The van der Waals surface area contributed by atoms with Crippen LogP contribution in [0.5, 0.6) is 0 Å². The molecule has 21 heavy (non-hydrogen) atoms. The predicted molar refractivity (Wildman–Crippen MR) is 81.6 cm³/mol. The van der Waals surface area contributed by atoms with E-state index in [0.717, 1.165) is 29.5 Å². The number of hydrogen-bond acceptors (Lipinski definition) is 6. The van der Waals surface area contributed by atoms with Gasteiger partial charge < -0.3 is 11.1 Å². The zero-order valence-electron chi connectivity index (χ0n) is 11.5. The molecule has 2 aromatic heterocycles. The van der Waals surface area contributed by atoms with E-state index in [0.29, 0.717) is 13.1 Å². The van der Waals surface area contributed by atoms with Crippen LogP contribution in [-0.4, -0.2) is 46.5 Å². The van der Waals surface area contributed by atoms with Gasteiger partial charge in [-0.3, -0.25) is 14.7 Å². The van der Waals surface area contributed by atoms with E-state index in [-0.39, 0.29) is 11.9 Å². The van der Waals surface area contributed by atoms with Gasteiger partial charge in [-0.25, -0.2) is 4.98 Å². The lowest BCUT2D eigenvalue weighted by Crippen LogP contribution is -2.56. The second kappa shape index (κ2) is 6.30. The van der Waals surface area contributed by atoms with E-state index >= 15 is 0 Å². The summed E-state index contributed by atoms with van der Waals surface area (Å²) < 4.78 is 0. The molecule has 2 aromatic rings. The van der Waals surface area contributed by atoms with Crippen molar-refractivity contribution in [2.45, 2.75) is 12.6 Å². The van der Waals surface area contributed by atoms with Crippen molar-refractivity contribution in [1.29, 1.82) is 0 Å². The molecule has 0 aromatic carbocycles. The van der Waals surface area contributed by atoms with Crippen LogP contribution < -0.4 is 11.1 Å². The van der Waals surface area contributed by atoms with Gasteiger partial charge in [-0.15, -0.1) is 11.3 Å². The molecule has 1 fully saturated rings. The van der Waals surface area contributed by atoms with Crippen LogP contribution in [0.2, 0.25) is 0 Å². The van der Waals surface area contributed by atoms with Gasteiger partial charge in [0.2, 0.25) is 5.91 Å². The molecule has 1 amide bonds. The molecule has 0 spiro atoms. The number of nitrogens with one attached hydrogen (secondary N) is 1. The van der Waals surface area contributed by atoms with Crippen molar-refractivity contribution >= 4 is 17.2 Å². The highest BCUT2D eigenvalue weighted by atomic mass is 32.1. The Bertz CT molecular complexity index is 615. The number of rotatable bonds is 4. The molecule has 0 bridgehead atoms. The summed E-state index contributed by atoms with van der Waals surface area (Å²) in [6.07, 6.45) is 1.76. The van der Waals surface area contributed by atoms with E-state index in [1.807, 2.05) is 23.6 Å². The van der Waals surface area contributed by atoms with E-state index in [1.165, 1.54) is 0 Å². The van der Waals surface area contributed by atoms with E-state index in [4.69, 9.17) is 5.73 Å². The highest BCUT2D eigenvalue weighted by Crippen LogP contribution is 2.22. The van der Waals surface area contributed by atoms with E-state index in [9.17, 15) is 4.79 Å². The van der Waals surface area contributed by atoms with Crippen LogP contribution in [0.1, 0.15) is 5.69 Å². The summed E-state index contributed by atoms with van der Waals surface area (Å²) in [4.78, 5) is 22.5. The van der Waals surface area contributed by atoms with Crippen LogP contribution in [0.4, 0.5) is 0 Å². The maximum absolute atomic E-state index is 11.5. The van der Waals surface area contributed by atoms with E-state index in [1.54, 1.807) is 17.5 Å². The summed E-state index contributed by atoms with van der Waals surface area (Å²) in [7, 11) is 0. The number of pyridine rings is 1. The van der Waals surface area contributed by atoms with Crippen LogP contribution in [0.3, 0.4) is 0 Å². The number of thiazole rings is 1. The van der Waals surface area contributed by atoms with Gasteiger partial charge in [-0.05, 0) is 12.1 Å². The monoisotopic (exact) mass is 303 g/mol. The van der Waals surface area contributed by atoms with Gasteiger partial charge in [0, 0.05) is 37.8 Å². The highest BCUT2D eigenvalue weighted by molar-refractivity contribution is 7.13. The maximum atomic E-state index is 11.5. The number of hydrogen-bond donors (Lipinski definition) is 2. The summed E-state index contributed by atoms with van der Waals surface area (Å²) in [5.74, 6) is -0.289. The molecule has 3 N–H and O–H groups in total. The molecule has 0 saturated carbocycles. The normalized spacial score (nSPS) is 19.5. The van der Waals surface area contributed by atoms with Gasteiger partial charge in [0.05, 0.1) is 11.4 Å². The topological polar surface area (TPSA) is 84.1 Å². The number of aromatic nitrogens is 2. The fourth-order valence-corrected chi connectivity index (χ4v) is 3.20. The fraction of sp³-hybridized carbons (Fsp3) is 0.357. The van der Waals surface area contributed by atoms with Crippen molar-refractivity contribution in [2.75, 3.05) is 19.6 Å². The van der Waals surface area contributed by atoms with Gasteiger partial charge in [-0.2, -0.15) is 0 Å². The Labute approximate surface area is 127 Å². The lowest BCUT2D eigenvalue weighted by Gasteiger charge is -2.33. The molecule has 0 aliphatic carbocycles. The molecule has 1 aliphatic heterocycles. The molecular weight excluding hydrogens is 286 g/mol. The molecule has 0 radical (unpaired) electrons. The summed E-state index contributed by atoms with van der Waals surface area (Å²) in [6.45, 7) is 2.90. The first-order chi connectivity index (χ1) is 10.2. The SMILES string of the molecule is NC(=O)C1CNCCN1Cc1csc(-c2ccccn2)n1. The van der Waals surface area contributed by atoms with Crippen LogP contribution in [0.15, 0.2) is 29.8 Å². The third-order valence-electron chi connectivity index (χ3n) is 3.48. The maximum Gasteiger partial charge on any atom is 0.236 e. The minimum atomic E-state index is -0.289. The summed E-state index contributed by atoms with van der Waals surface area (Å²) in [6, 6.07) is 5.51. The summed E-state index contributed by atoms with van der Waals surface area (Å²) >= 11 is 1.57. The van der Waals surface area contributed by atoms with E-state index < -0.39 is 0 Å². The van der Waals surface area contributed by atoms with Crippen molar-refractivity contribution in [2.24, 2.45) is 5.73 Å². The van der Waals surface area contributed by atoms with Gasteiger partial charge in [0.15, 0.2) is 0 Å². The number of piperazine rings is 1. The number of carbonyl (C=O) groups excluding carboxylic acids is 1. The van der Waals surface area contributed by atoms with Crippen molar-refractivity contribution in [3.05, 3.63) is 35.5 Å². The first kappa shape index (κ1) is 14.1. The molecule has 1 aliphatic rings. The molecule has 1 unspecified atom stereocenters. The summed E-state index contributed by atoms with van der Waals surface area (Å²) in [5, 5.41) is 6.11. The number of primary amides is 1. The lowest BCUT2D eigenvalue weighted by atomic mass is 10.1. The molecule has 110 valence electrons. The first-order valence-corrected chi connectivity index (χ1v) is 7.72. The molecule has 6 nitrogen and oxygen atoms in total. The molecular formula is C14H17N5OS. The molecule has 3 rings (SSSR count). The number of nitrogens with zero attached hydrogens (tertiary/aromatic N) is 3. The van der Waals surface area contributed by atoms with Gasteiger partial charge in [0.25, 0.3) is 0 Å². The zero-order valence-corrected chi connectivity index (χ0v) is 12.3. The van der Waals surface area contributed by atoms with Crippen LogP contribution in [0, 0.1) is 0 Å². The van der Waals surface area contributed by atoms with Crippen molar-refractivity contribution < 1.29 is 4.79 Å². The van der Waals surface area contributed by atoms with E-state index in [2.05, 4.69) is 20.2 Å². The van der Waals surface area contributed by atoms with Gasteiger partial charge in [0.1, 0.15) is 11.0 Å². The Morgan fingerprint density at radius 3 is 3.19 bits per heavy atom. The van der Waals surface area contributed by atoms with Crippen molar-refractivity contribution in [1.82, 2.24) is 20.2 Å². The number of amides is 1. The second-order valence-electron chi connectivity index (χ2n) is 4.95. The molecule has 1 atom stereocenters. The number of nitrogens with two attached hydrogens (primary N) is 1. The average molecular weight is 303 g/mol. The second-order valence-corrected chi connectivity index (χ2v) is 5.81. The van der Waals surface area contributed by atoms with Gasteiger partial charge in [-0.1, -0.05) is 6.07 Å². The smallest absolute Gasteiger partial charge is 0.236 e. The summed E-state index contributed by atoms with van der Waals surface area (Å²) in [5.41, 5.74) is 7.29. The molecule has 7 heteroatoms. The molecule has 3 heterocycles. The highest BCUT2D eigenvalue weighted by Gasteiger charge is 2.27. The molecule has 1 saturated heterocycles. The predicted octanol–water partition coefficient (Wildman–Crippen LogP) is 0.464. The average Bonchev–Trinajstić information content (AvgIpc) is 2.97. The first-order valence-electron chi connectivity index (χ1n) is 6.84. The Balaban J connectivity index is 1.73. The quantitative estimate of drug-likeness (QED) is 0.857. The largest absolute Gasteiger partial charge is 0.368 e. The van der Waals surface area contributed by atoms with Crippen molar-refractivity contribution in [3.63, 3.8) is 0 Å². The van der Waals surface area contributed by atoms with Crippen molar-refractivity contribution in [3.8, 4) is 10.7 Å². The Morgan fingerprint density at radius 1 is 1.52 bits per heavy atom. The van der Waals surface area contributed by atoms with Gasteiger partial charge >= 0.3 is 0 Å². The lowest BCUT2D eigenvalue weighted by molar-refractivity contribution is -0.124. The fourth-order valence-electron chi connectivity index (χ4n) is 2.41. The third kappa shape index (κ3) is 3.26. The Morgan fingerprint density at radius 2 is 2.43 bits per heavy atom. The Hall–Kier alpha value is -1.83. The third-order valence-corrected chi connectivity index (χ3v) is 4.40. The van der Waals surface area contributed by atoms with Crippen LogP contribution in [0.25, 0.3) is 10.7 Å². The standard InChI is InChI=1S/C14H17N5OS/c15-13(20)12-7-16-5-6-19(12)8-10-9-21-14(18-10)11-3-1-2-4-17-11/h1-4,9,12,16H,5-8H2,(H2,15,20). The Kier molecular flexibility index (Phi) is 4.23. The number of carbonyl (C=O) groups is 1. The minimum absolute atomic E-state index is 0.265. The minimum Gasteiger partial charge on any atom is -0.368 e. The zero-order chi connectivity index (χ0) is 14.7.